The second-order valence-corrected chi connectivity index (χ2v) is 5.88. The van der Waals surface area contributed by atoms with Gasteiger partial charge in [-0.1, -0.05) is 54.1 Å². The van der Waals surface area contributed by atoms with Crippen molar-refractivity contribution in [1.29, 1.82) is 0 Å². The van der Waals surface area contributed by atoms with Gasteiger partial charge < -0.3 is 14.8 Å². The molecule has 25 heavy (non-hydrogen) atoms. The van der Waals surface area contributed by atoms with Crippen LogP contribution in [0, 0.1) is 0 Å². The summed E-state index contributed by atoms with van der Waals surface area (Å²) in [6, 6.07) is 15.3. The fourth-order valence-electron chi connectivity index (χ4n) is 2.50. The molecule has 6 heteroatoms. The van der Waals surface area contributed by atoms with E-state index in [2.05, 4.69) is 5.32 Å². The summed E-state index contributed by atoms with van der Waals surface area (Å²) in [6.07, 6.45) is -0.544. The third-order valence-electron chi connectivity index (χ3n) is 3.71. The van der Waals surface area contributed by atoms with E-state index in [1.54, 1.807) is 30.3 Å². The molecule has 0 aliphatic rings. The summed E-state index contributed by atoms with van der Waals surface area (Å²) in [7, 11) is 2.73. The molecule has 0 fully saturated rings. The molecule has 0 aliphatic heterocycles. The smallest absolute Gasteiger partial charge is 0.328 e. The van der Waals surface area contributed by atoms with Gasteiger partial charge in [0.05, 0.1) is 7.11 Å². The van der Waals surface area contributed by atoms with Gasteiger partial charge in [-0.25, -0.2) is 4.79 Å². The number of hydrogen-bond donors (Lipinski definition) is 1. The van der Waals surface area contributed by atoms with Crippen molar-refractivity contribution in [2.75, 3.05) is 14.2 Å². The van der Waals surface area contributed by atoms with Crippen LogP contribution in [0.15, 0.2) is 54.6 Å². The summed E-state index contributed by atoms with van der Waals surface area (Å²) in [5.74, 6) is -0.942. The molecule has 2 atom stereocenters. The molecule has 0 aromatic heterocycles. The summed E-state index contributed by atoms with van der Waals surface area (Å²) in [4.78, 5) is 24.7. The molecular weight excluding hydrogens is 342 g/mol. The zero-order valence-electron chi connectivity index (χ0n) is 14.1. The third kappa shape index (κ3) is 5.31. The highest BCUT2D eigenvalue weighted by molar-refractivity contribution is 6.30. The van der Waals surface area contributed by atoms with Crippen LogP contribution in [0.25, 0.3) is 0 Å². The fraction of sp³-hybridized carbons (Fsp3) is 0.263. The Hall–Kier alpha value is -2.37. The number of carbonyl (C=O) groups excluding carboxylic acids is 2. The summed E-state index contributed by atoms with van der Waals surface area (Å²) in [6.45, 7) is 0. The maximum atomic E-state index is 12.6. The van der Waals surface area contributed by atoms with E-state index in [0.29, 0.717) is 10.6 Å². The SMILES string of the molecule is COC(=O)[C@@H](Cc1cccc(Cl)c1)NC(=O)[C@@H](OC)c1ccccc1. The van der Waals surface area contributed by atoms with Crippen molar-refractivity contribution in [1.82, 2.24) is 5.32 Å². The Morgan fingerprint density at radius 3 is 2.40 bits per heavy atom. The van der Waals surface area contributed by atoms with Gasteiger partial charge >= 0.3 is 5.97 Å². The highest BCUT2D eigenvalue weighted by Crippen LogP contribution is 2.18. The van der Waals surface area contributed by atoms with Crippen LogP contribution >= 0.6 is 11.6 Å². The number of nitrogens with one attached hydrogen (secondary N) is 1. The molecule has 1 amide bonds. The van der Waals surface area contributed by atoms with Crippen molar-refractivity contribution in [3.63, 3.8) is 0 Å². The highest BCUT2D eigenvalue weighted by atomic mass is 35.5. The minimum absolute atomic E-state index is 0.268. The first kappa shape index (κ1) is 19.0. The molecule has 2 aromatic rings. The second-order valence-electron chi connectivity index (χ2n) is 5.44. The molecule has 0 radical (unpaired) electrons. The molecule has 2 rings (SSSR count). The lowest BCUT2D eigenvalue weighted by Crippen LogP contribution is -2.45. The van der Waals surface area contributed by atoms with E-state index in [9.17, 15) is 9.59 Å². The number of halogens is 1. The molecule has 0 bridgehead atoms. The van der Waals surface area contributed by atoms with Gasteiger partial charge in [0.2, 0.25) is 0 Å². The zero-order valence-corrected chi connectivity index (χ0v) is 14.8. The highest BCUT2D eigenvalue weighted by Gasteiger charge is 2.27. The van der Waals surface area contributed by atoms with Crippen molar-refractivity contribution < 1.29 is 19.1 Å². The number of amides is 1. The monoisotopic (exact) mass is 361 g/mol. The van der Waals surface area contributed by atoms with Crippen LogP contribution in [0.2, 0.25) is 5.02 Å². The first-order valence-corrected chi connectivity index (χ1v) is 8.13. The van der Waals surface area contributed by atoms with Crippen LogP contribution in [-0.2, 0) is 25.5 Å². The van der Waals surface area contributed by atoms with Gasteiger partial charge in [0.15, 0.2) is 6.10 Å². The molecule has 132 valence electrons. The van der Waals surface area contributed by atoms with Gasteiger partial charge in [0.25, 0.3) is 5.91 Å². The van der Waals surface area contributed by atoms with Gasteiger partial charge in [0.1, 0.15) is 6.04 Å². The number of esters is 1. The van der Waals surface area contributed by atoms with Crippen LogP contribution in [0.5, 0.6) is 0 Å². The summed E-state index contributed by atoms with van der Waals surface area (Å²) < 4.78 is 10.1. The molecule has 0 saturated carbocycles. The first-order chi connectivity index (χ1) is 12.0. The van der Waals surface area contributed by atoms with Crippen LogP contribution in [0.3, 0.4) is 0 Å². The van der Waals surface area contributed by atoms with E-state index in [4.69, 9.17) is 21.1 Å². The molecule has 1 N–H and O–H groups in total. The summed E-state index contributed by atoms with van der Waals surface area (Å²) in [5, 5.41) is 3.27. The standard InChI is InChI=1S/C19H20ClNO4/c1-24-17(14-8-4-3-5-9-14)18(22)21-16(19(23)25-2)12-13-7-6-10-15(20)11-13/h3-11,16-17H,12H2,1-2H3,(H,21,22)/t16-,17+/m1/s1. The first-order valence-electron chi connectivity index (χ1n) is 7.75. The van der Waals surface area contributed by atoms with Crippen molar-refractivity contribution in [3.05, 3.63) is 70.7 Å². The van der Waals surface area contributed by atoms with Crippen molar-refractivity contribution >= 4 is 23.5 Å². The number of rotatable bonds is 7. The second kappa shape index (κ2) is 9.20. The largest absolute Gasteiger partial charge is 0.467 e. The third-order valence-corrected chi connectivity index (χ3v) is 3.94. The number of benzene rings is 2. The topological polar surface area (TPSA) is 64.6 Å². The Balaban J connectivity index is 2.15. The van der Waals surface area contributed by atoms with Crippen molar-refractivity contribution in [2.45, 2.75) is 18.6 Å². The fourth-order valence-corrected chi connectivity index (χ4v) is 2.72. The van der Waals surface area contributed by atoms with Gasteiger partial charge in [-0.2, -0.15) is 0 Å². The maximum Gasteiger partial charge on any atom is 0.328 e. The molecule has 0 aliphatic carbocycles. The van der Waals surface area contributed by atoms with Crippen LogP contribution in [0.1, 0.15) is 17.2 Å². The lowest BCUT2D eigenvalue weighted by molar-refractivity contribution is -0.146. The number of ether oxygens (including phenoxy) is 2. The van der Waals surface area contributed by atoms with E-state index in [-0.39, 0.29) is 6.42 Å². The van der Waals surface area contributed by atoms with E-state index in [1.165, 1.54) is 14.2 Å². The quantitative estimate of drug-likeness (QED) is 0.770. The van der Waals surface area contributed by atoms with Gasteiger partial charge in [-0.3, -0.25) is 4.79 Å². The summed E-state index contributed by atoms with van der Waals surface area (Å²) in [5.41, 5.74) is 1.52. The minimum atomic E-state index is -0.836. The van der Waals surface area contributed by atoms with Gasteiger partial charge in [0, 0.05) is 18.6 Å². The van der Waals surface area contributed by atoms with E-state index in [1.807, 2.05) is 24.3 Å². The van der Waals surface area contributed by atoms with Crippen LogP contribution in [-0.4, -0.2) is 32.1 Å². The average molecular weight is 362 g/mol. The Kier molecular flexibility index (Phi) is 6.98. The predicted molar refractivity (Wildman–Crippen MR) is 95.3 cm³/mol. The maximum absolute atomic E-state index is 12.6. The Morgan fingerprint density at radius 1 is 1.08 bits per heavy atom. The molecular formula is C19H20ClNO4. The Bertz CT molecular complexity index is 720. The number of carbonyl (C=O) groups is 2. The number of methoxy groups -OCH3 is 2. The minimum Gasteiger partial charge on any atom is -0.467 e. The van der Waals surface area contributed by atoms with Gasteiger partial charge in [-0.05, 0) is 23.3 Å². The van der Waals surface area contributed by atoms with Crippen molar-refractivity contribution in [3.8, 4) is 0 Å². The zero-order chi connectivity index (χ0) is 18.2. The molecule has 0 saturated heterocycles. The van der Waals surface area contributed by atoms with Crippen LogP contribution in [0.4, 0.5) is 0 Å². The van der Waals surface area contributed by atoms with E-state index >= 15 is 0 Å². The lowest BCUT2D eigenvalue weighted by Gasteiger charge is -2.21. The Labute approximate surface area is 151 Å². The molecule has 0 heterocycles. The molecule has 5 nitrogen and oxygen atoms in total. The van der Waals surface area contributed by atoms with Crippen LogP contribution < -0.4 is 5.32 Å². The normalized spacial score (nSPS) is 12.9. The molecule has 0 unspecified atom stereocenters. The van der Waals surface area contributed by atoms with Crippen molar-refractivity contribution in [2.24, 2.45) is 0 Å². The molecule has 2 aromatic carbocycles. The van der Waals surface area contributed by atoms with E-state index < -0.39 is 24.0 Å². The molecule has 0 spiro atoms. The number of hydrogen-bond acceptors (Lipinski definition) is 4. The Morgan fingerprint density at radius 2 is 1.80 bits per heavy atom. The van der Waals surface area contributed by atoms with Gasteiger partial charge in [-0.15, -0.1) is 0 Å². The lowest BCUT2D eigenvalue weighted by atomic mass is 10.0. The summed E-state index contributed by atoms with van der Waals surface area (Å²) >= 11 is 5.98. The average Bonchev–Trinajstić information content (AvgIpc) is 2.62. The van der Waals surface area contributed by atoms with E-state index in [0.717, 1.165) is 5.56 Å². The predicted octanol–water partition coefficient (Wildman–Crippen LogP) is 2.93.